The van der Waals surface area contributed by atoms with Crippen molar-refractivity contribution in [3.63, 3.8) is 0 Å². The van der Waals surface area contributed by atoms with Gasteiger partial charge in [0.05, 0.1) is 29.7 Å². The lowest BCUT2D eigenvalue weighted by atomic mass is 10.0. The molecule has 1 atom stereocenters. The van der Waals surface area contributed by atoms with Gasteiger partial charge in [0.1, 0.15) is 6.61 Å². The number of ether oxygens (including phenoxy) is 1. The lowest BCUT2D eigenvalue weighted by Crippen LogP contribution is -2.54. The van der Waals surface area contributed by atoms with Crippen molar-refractivity contribution in [1.82, 2.24) is 24.8 Å². The van der Waals surface area contributed by atoms with E-state index in [1.807, 2.05) is 30.5 Å². The Morgan fingerprint density at radius 2 is 2.02 bits per heavy atom. The van der Waals surface area contributed by atoms with Crippen molar-refractivity contribution in [2.45, 2.75) is 25.0 Å². The predicted octanol–water partition coefficient (Wildman–Crippen LogP) is 5.50. The highest BCUT2D eigenvalue weighted by atomic mass is 19.3. The smallest absolute Gasteiger partial charge is 0.410 e. The summed E-state index contributed by atoms with van der Waals surface area (Å²) in [7, 11) is 0. The summed E-state index contributed by atoms with van der Waals surface area (Å²) in [6.07, 6.45) is 5.42. The van der Waals surface area contributed by atoms with Crippen LogP contribution in [-0.2, 0) is 11.3 Å². The summed E-state index contributed by atoms with van der Waals surface area (Å²) in [5.74, 6) is -2.95. The Morgan fingerprint density at radius 1 is 1.18 bits per heavy atom. The van der Waals surface area contributed by atoms with E-state index in [9.17, 15) is 18.8 Å². The van der Waals surface area contributed by atoms with Crippen LogP contribution in [0.1, 0.15) is 17.5 Å². The summed E-state index contributed by atoms with van der Waals surface area (Å²) in [4.78, 5) is 30.1. The van der Waals surface area contributed by atoms with Gasteiger partial charge in [-0.3, -0.25) is 4.98 Å². The van der Waals surface area contributed by atoms with E-state index < -0.39 is 31.0 Å². The fraction of sp³-hybridized carbons (Fsp3) is 0.207. The first-order valence-corrected chi connectivity index (χ1v) is 12.6. The summed E-state index contributed by atoms with van der Waals surface area (Å²) in [6, 6.07) is 15.7. The SMILES string of the molecule is N#Cc1ccc2c(-c3cncc4cnc(NC5CN(C(=O)OCc6ccccc6)CC(F)(F)C5)nc34)c[nH]c2c1. The number of carbonyl (C=O) groups excluding carboxylic acids is 1. The van der Waals surface area contributed by atoms with Crippen LogP contribution >= 0.6 is 0 Å². The molecule has 11 heteroatoms. The number of nitrogens with one attached hydrogen (secondary N) is 2. The second kappa shape index (κ2) is 10.2. The van der Waals surface area contributed by atoms with Crippen LogP contribution in [0.4, 0.5) is 19.5 Å². The Morgan fingerprint density at radius 3 is 2.85 bits per heavy atom. The van der Waals surface area contributed by atoms with Crippen LogP contribution in [0.3, 0.4) is 0 Å². The van der Waals surface area contributed by atoms with Gasteiger partial charge in [0.15, 0.2) is 0 Å². The van der Waals surface area contributed by atoms with Gasteiger partial charge >= 0.3 is 6.09 Å². The Balaban J connectivity index is 1.24. The number of benzene rings is 2. The maximum absolute atomic E-state index is 14.7. The van der Waals surface area contributed by atoms with Crippen LogP contribution in [0.15, 0.2) is 73.3 Å². The molecular weight excluding hydrogens is 516 g/mol. The van der Waals surface area contributed by atoms with Crippen LogP contribution in [0.25, 0.3) is 32.9 Å². The van der Waals surface area contributed by atoms with E-state index in [1.165, 1.54) is 0 Å². The zero-order valence-electron chi connectivity index (χ0n) is 21.1. The molecule has 1 amide bonds. The van der Waals surface area contributed by atoms with Crippen molar-refractivity contribution >= 4 is 33.8 Å². The number of fused-ring (bicyclic) bond motifs is 2. The van der Waals surface area contributed by atoms with Gasteiger partial charge < -0.3 is 19.9 Å². The number of rotatable bonds is 5. The van der Waals surface area contributed by atoms with E-state index in [0.29, 0.717) is 16.5 Å². The second-order valence-electron chi connectivity index (χ2n) is 9.72. The minimum atomic E-state index is -3.11. The van der Waals surface area contributed by atoms with Crippen LogP contribution in [0.5, 0.6) is 0 Å². The molecule has 2 aromatic carbocycles. The molecule has 0 aliphatic carbocycles. The number of amides is 1. The van der Waals surface area contributed by atoms with E-state index in [-0.39, 0.29) is 19.1 Å². The molecule has 0 saturated carbocycles. The van der Waals surface area contributed by atoms with Gasteiger partial charge in [0, 0.05) is 65.2 Å². The Hall–Kier alpha value is -5.11. The van der Waals surface area contributed by atoms with E-state index >= 15 is 0 Å². The molecule has 3 aromatic heterocycles. The van der Waals surface area contributed by atoms with Crippen molar-refractivity contribution in [1.29, 1.82) is 5.26 Å². The van der Waals surface area contributed by atoms with Gasteiger partial charge in [-0.25, -0.2) is 23.5 Å². The number of nitriles is 1. The number of aromatic nitrogens is 4. The van der Waals surface area contributed by atoms with Crippen molar-refractivity contribution in [2.75, 3.05) is 18.4 Å². The zero-order chi connectivity index (χ0) is 27.7. The maximum atomic E-state index is 14.7. The lowest BCUT2D eigenvalue weighted by molar-refractivity contribution is -0.0650. The molecule has 1 unspecified atom stereocenters. The normalized spacial score (nSPS) is 16.5. The van der Waals surface area contributed by atoms with Crippen molar-refractivity contribution in [3.8, 4) is 17.2 Å². The Labute approximate surface area is 227 Å². The van der Waals surface area contributed by atoms with Crippen LogP contribution < -0.4 is 5.32 Å². The summed E-state index contributed by atoms with van der Waals surface area (Å²) >= 11 is 0. The highest BCUT2D eigenvalue weighted by Crippen LogP contribution is 2.34. The highest BCUT2D eigenvalue weighted by molar-refractivity contribution is 6.03. The van der Waals surface area contributed by atoms with Crippen LogP contribution in [-0.4, -0.2) is 56.0 Å². The zero-order valence-corrected chi connectivity index (χ0v) is 21.1. The number of anilines is 1. The monoisotopic (exact) mass is 539 g/mol. The third-order valence-corrected chi connectivity index (χ3v) is 6.80. The number of pyridine rings is 1. The van der Waals surface area contributed by atoms with Crippen LogP contribution in [0.2, 0.25) is 0 Å². The quantitative estimate of drug-likeness (QED) is 0.303. The number of hydrogen-bond donors (Lipinski definition) is 2. The van der Waals surface area contributed by atoms with Gasteiger partial charge in [0.2, 0.25) is 5.95 Å². The fourth-order valence-electron chi connectivity index (χ4n) is 4.97. The van der Waals surface area contributed by atoms with Crippen molar-refractivity contribution in [2.24, 2.45) is 0 Å². The molecule has 1 aliphatic rings. The number of hydrogen-bond acceptors (Lipinski definition) is 7. The molecule has 1 aliphatic heterocycles. The summed E-state index contributed by atoms with van der Waals surface area (Å²) in [6.45, 7) is -0.713. The molecule has 40 heavy (non-hydrogen) atoms. The number of piperidine rings is 1. The molecule has 1 saturated heterocycles. The van der Waals surface area contributed by atoms with Crippen molar-refractivity contribution < 1.29 is 18.3 Å². The van der Waals surface area contributed by atoms with Crippen LogP contribution in [0, 0.1) is 11.3 Å². The average molecular weight is 540 g/mol. The minimum absolute atomic E-state index is 0.00387. The summed E-state index contributed by atoms with van der Waals surface area (Å²) in [5, 5.41) is 13.8. The molecule has 0 bridgehead atoms. The number of H-pyrrole nitrogens is 1. The molecule has 5 aromatic rings. The Kier molecular flexibility index (Phi) is 6.43. The molecule has 4 heterocycles. The van der Waals surface area contributed by atoms with Gasteiger partial charge in [-0.15, -0.1) is 0 Å². The molecule has 9 nitrogen and oxygen atoms in total. The third-order valence-electron chi connectivity index (χ3n) is 6.80. The fourth-order valence-corrected chi connectivity index (χ4v) is 4.97. The van der Waals surface area contributed by atoms with Gasteiger partial charge in [-0.05, 0) is 17.7 Å². The van der Waals surface area contributed by atoms with Crippen molar-refractivity contribution in [3.05, 3.63) is 84.4 Å². The highest BCUT2D eigenvalue weighted by Gasteiger charge is 2.43. The van der Waals surface area contributed by atoms with E-state index in [1.54, 1.807) is 42.9 Å². The largest absolute Gasteiger partial charge is 0.445 e. The second-order valence-corrected chi connectivity index (χ2v) is 9.72. The average Bonchev–Trinajstić information content (AvgIpc) is 3.38. The minimum Gasteiger partial charge on any atom is -0.445 e. The molecule has 200 valence electrons. The topological polar surface area (TPSA) is 120 Å². The summed E-state index contributed by atoms with van der Waals surface area (Å²) in [5.41, 5.74) is 4.23. The number of carbonyl (C=O) groups is 1. The number of likely N-dealkylation sites (tertiary alicyclic amines) is 1. The van der Waals surface area contributed by atoms with E-state index in [2.05, 4.69) is 31.3 Å². The first kappa shape index (κ1) is 25.2. The number of alkyl halides is 2. The molecular formula is C29H23F2N7O2. The van der Waals surface area contributed by atoms with E-state index in [0.717, 1.165) is 32.5 Å². The van der Waals surface area contributed by atoms with Gasteiger partial charge in [-0.1, -0.05) is 36.4 Å². The first-order valence-electron chi connectivity index (χ1n) is 12.6. The third kappa shape index (κ3) is 5.11. The number of nitrogens with zero attached hydrogens (tertiary/aromatic N) is 5. The standard InChI is InChI=1S/C29H23F2N7O2/c30-29(31)9-21(15-38(17-29)28(39)40-16-18-4-2-1-3-5-18)36-27-35-12-20-11-33-13-24(26(20)37-27)23-14-34-25-8-19(10-32)6-7-22(23)25/h1-8,11-14,21,34H,9,15-17H2,(H,35,36,37). The Bertz CT molecular complexity index is 1750. The first-order chi connectivity index (χ1) is 19.4. The lowest BCUT2D eigenvalue weighted by Gasteiger charge is -2.37. The molecule has 6 rings (SSSR count). The predicted molar refractivity (Wildman–Crippen MR) is 145 cm³/mol. The number of halogens is 2. The molecule has 2 N–H and O–H groups in total. The number of aromatic amines is 1. The molecule has 0 radical (unpaired) electrons. The summed E-state index contributed by atoms with van der Waals surface area (Å²) < 4.78 is 34.6. The molecule has 0 spiro atoms. The maximum Gasteiger partial charge on any atom is 0.410 e. The molecule has 1 fully saturated rings. The van der Waals surface area contributed by atoms with Gasteiger partial charge in [0.25, 0.3) is 5.92 Å². The van der Waals surface area contributed by atoms with E-state index in [4.69, 9.17) is 4.74 Å². The van der Waals surface area contributed by atoms with Gasteiger partial charge in [-0.2, -0.15) is 5.26 Å².